The second-order valence-electron chi connectivity index (χ2n) is 6.42. The van der Waals surface area contributed by atoms with E-state index in [0.29, 0.717) is 10.8 Å². The van der Waals surface area contributed by atoms with Gasteiger partial charge in [-0.25, -0.2) is 0 Å². The van der Waals surface area contributed by atoms with Crippen LogP contribution in [0.15, 0.2) is 52.3 Å². The summed E-state index contributed by atoms with van der Waals surface area (Å²) in [6.07, 6.45) is 0. The van der Waals surface area contributed by atoms with Crippen LogP contribution in [0.4, 0.5) is 11.4 Å². The highest BCUT2D eigenvalue weighted by atomic mass is 35.5. The minimum atomic E-state index is 0.0956. The number of benzene rings is 2. The van der Waals surface area contributed by atoms with Crippen LogP contribution in [0.3, 0.4) is 0 Å². The average Bonchev–Trinajstić information content (AvgIpc) is 2.70. The number of halogens is 1. The lowest BCUT2D eigenvalue weighted by molar-refractivity contribution is -0.115. The van der Waals surface area contributed by atoms with E-state index in [9.17, 15) is 4.79 Å². The molecule has 7 heteroatoms. The summed E-state index contributed by atoms with van der Waals surface area (Å²) in [7, 11) is 0. The zero-order valence-electron chi connectivity index (χ0n) is 14.9. The number of rotatable bonds is 5. The van der Waals surface area contributed by atoms with Crippen molar-refractivity contribution in [1.29, 1.82) is 0 Å². The zero-order valence-corrected chi connectivity index (χ0v) is 17.3. The van der Waals surface area contributed by atoms with Gasteiger partial charge in [-0.3, -0.25) is 14.6 Å². The van der Waals surface area contributed by atoms with E-state index in [-0.39, 0.29) is 5.91 Å². The predicted octanol–water partition coefficient (Wildman–Crippen LogP) is 4.53. The van der Waals surface area contributed by atoms with Crippen LogP contribution < -0.4 is 4.90 Å². The third-order valence-corrected chi connectivity index (χ3v) is 6.91. The van der Waals surface area contributed by atoms with E-state index in [1.165, 1.54) is 0 Å². The van der Waals surface area contributed by atoms with Crippen LogP contribution in [0.5, 0.6) is 0 Å². The number of thioether (sulfide) groups is 1. The molecule has 2 aliphatic rings. The average molecular weight is 421 g/mol. The standard InChI is InChI=1S/C20H21ClN2O2S2/c21-15-5-6-19-17(13-15)23(16-3-1-2-4-18(16)27-19)20(24)14-26-12-9-22-7-10-25-11-8-22/h1-6,13H,7-12,14H2. The van der Waals surface area contributed by atoms with Crippen molar-refractivity contribution in [3.63, 3.8) is 0 Å². The van der Waals surface area contributed by atoms with E-state index < -0.39 is 0 Å². The number of hydrogen-bond acceptors (Lipinski definition) is 5. The number of hydrogen-bond donors (Lipinski definition) is 0. The summed E-state index contributed by atoms with van der Waals surface area (Å²) in [6.45, 7) is 4.58. The number of carbonyl (C=O) groups is 1. The normalized spacial score (nSPS) is 16.7. The molecule has 1 saturated heterocycles. The Hall–Kier alpha value is -1.18. The van der Waals surface area contributed by atoms with Crippen LogP contribution in [0, 0.1) is 0 Å². The van der Waals surface area contributed by atoms with Crippen LogP contribution in [-0.2, 0) is 9.53 Å². The molecule has 0 radical (unpaired) electrons. The van der Waals surface area contributed by atoms with Crippen LogP contribution in [0.25, 0.3) is 0 Å². The van der Waals surface area contributed by atoms with E-state index in [4.69, 9.17) is 16.3 Å². The van der Waals surface area contributed by atoms with Gasteiger partial charge in [-0.05, 0) is 30.3 Å². The van der Waals surface area contributed by atoms with Crippen molar-refractivity contribution in [2.45, 2.75) is 9.79 Å². The smallest absolute Gasteiger partial charge is 0.241 e. The molecule has 0 aromatic heterocycles. The number of morpholine rings is 1. The Morgan fingerprint density at radius 3 is 2.74 bits per heavy atom. The van der Waals surface area contributed by atoms with Crippen molar-refractivity contribution in [3.8, 4) is 0 Å². The van der Waals surface area contributed by atoms with Crippen molar-refractivity contribution in [3.05, 3.63) is 47.5 Å². The number of amides is 1. The van der Waals surface area contributed by atoms with Crippen molar-refractivity contribution >= 4 is 52.4 Å². The number of ether oxygens (including phenoxy) is 1. The Balaban J connectivity index is 1.45. The first kappa shape index (κ1) is 19.2. The number of para-hydroxylation sites is 1. The van der Waals surface area contributed by atoms with Crippen LogP contribution >= 0.6 is 35.1 Å². The summed E-state index contributed by atoms with van der Waals surface area (Å²) in [5.41, 5.74) is 1.82. The van der Waals surface area contributed by atoms with Crippen LogP contribution in [-0.4, -0.2) is 55.2 Å². The van der Waals surface area contributed by atoms with Crippen molar-refractivity contribution in [1.82, 2.24) is 4.90 Å². The molecule has 0 atom stereocenters. The second kappa shape index (κ2) is 8.88. The molecule has 0 saturated carbocycles. The van der Waals surface area contributed by atoms with Gasteiger partial charge in [-0.1, -0.05) is 35.5 Å². The molecule has 2 aromatic carbocycles. The molecule has 142 valence electrons. The number of anilines is 2. The minimum Gasteiger partial charge on any atom is -0.379 e. The fourth-order valence-electron chi connectivity index (χ4n) is 3.24. The van der Waals surface area contributed by atoms with Crippen LogP contribution in [0.2, 0.25) is 5.02 Å². The van der Waals surface area contributed by atoms with Gasteiger partial charge in [0, 0.05) is 40.2 Å². The Morgan fingerprint density at radius 1 is 1.11 bits per heavy atom. The van der Waals surface area contributed by atoms with Gasteiger partial charge in [-0.2, -0.15) is 11.8 Å². The van der Waals surface area contributed by atoms with Gasteiger partial charge in [0.25, 0.3) is 0 Å². The summed E-state index contributed by atoms with van der Waals surface area (Å²) in [5, 5.41) is 0.645. The molecule has 0 bridgehead atoms. The molecule has 4 rings (SSSR count). The molecule has 2 aliphatic heterocycles. The SMILES string of the molecule is O=C(CSCCN1CCOCC1)N1c2ccccc2Sc2ccc(Cl)cc21. The third-order valence-electron chi connectivity index (χ3n) is 4.62. The maximum Gasteiger partial charge on any atom is 0.241 e. The summed E-state index contributed by atoms with van der Waals surface area (Å²) >= 11 is 9.59. The summed E-state index contributed by atoms with van der Waals surface area (Å²) in [5.74, 6) is 1.49. The molecular weight excluding hydrogens is 400 g/mol. The first-order valence-corrected chi connectivity index (χ1v) is 11.3. The molecular formula is C20H21ClN2O2S2. The highest BCUT2D eigenvalue weighted by Gasteiger charge is 2.28. The fourth-order valence-corrected chi connectivity index (χ4v) is 5.28. The Bertz CT molecular complexity index is 827. The molecule has 2 heterocycles. The first-order chi connectivity index (χ1) is 13.2. The van der Waals surface area contributed by atoms with E-state index in [0.717, 1.165) is 59.8 Å². The van der Waals surface area contributed by atoms with Crippen LogP contribution in [0.1, 0.15) is 0 Å². The molecule has 2 aromatic rings. The van der Waals surface area contributed by atoms with Gasteiger partial charge in [0.1, 0.15) is 0 Å². The number of fused-ring (bicyclic) bond motifs is 2. The van der Waals surface area contributed by atoms with Gasteiger partial charge in [0.2, 0.25) is 5.91 Å². The van der Waals surface area contributed by atoms with E-state index in [2.05, 4.69) is 11.0 Å². The Morgan fingerprint density at radius 2 is 1.89 bits per heavy atom. The number of nitrogens with zero attached hydrogens (tertiary/aromatic N) is 2. The first-order valence-electron chi connectivity index (χ1n) is 8.99. The molecule has 4 nitrogen and oxygen atoms in total. The molecule has 1 amide bonds. The molecule has 27 heavy (non-hydrogen) atoms. The van der Waals surface area contributed by atoms with E-state index in [1.807, 2.05) is 41.3 Å². The van der Waals surface area contributed by atoms with Crippen molar-refractivity contribution in [2.24, 2.45) is 0 Å². The predicted molar refractivity (Wildman–Crippen MR) is 114 cm³/mol. The maximum atomic E-state index is 13.1. The van der Waals surface area contributed by atoms with E-state index >= 15 is 0 Å². The topological polar surface area (TPSA) is 32.8 Å². The van der Waals surface area contributed by atoms with Gasteiger partial charge in [-0.15, -0.1) is 0 Å². The maximum absolute atomic E-state index is 13.1. The van der Waals surface area contributed by atoms with Crippen molar-refractivity contribution < 1.29 is 9.53 Å². The molecule has 0 spiro atoms. The molecule has 0 N–H and O–H groups in total. The highest BCUT2D eigenvalue weighted by Crippen LogP contribution is 2.48. The largest absolute Gasteiger partial charge is 0.379 e. The Labute approximate surface area is 173 Å². The summed E-state index contributed by atoms with van der Waals surface area (Å²) in [6, 6.07) is 13.8. The second-order valence-corrected chi connectivity index (χ2v) is 9.04. The van der Waals surface area contributed by atoms with E-state index in [1.54, 1.807) is 23.5 Å². The lowest BCUT2D eigenvalue weighted by Gasteiger charge is -2.31. The molecule has 1 fully saturated rings. The third kappa shape index (κ3) is 4.46. The summed E-state index contributed by atoms with van der Waals surface area (Å²) < 4.78 is 5.38. The number of carbonyl (C=O) groups excluding carboxylic acids is 1. The van der Waals surface area contributed by atoms with Gasteiger partial charge in [0.15, 0.2) is 0 Å². The zero-order chi connectivity index (χ0) is 18.6. The Kier molecular flexibility index (Phi) is 6.30. The molecule has 0 aliphatic carbocycles. The van der Waals surface area contributed by atoms with Gasteiger partial charge in [0.05, 0.1) is 30.3 Å². The lowest BCUT2D eigenvalue weighted by Crippen LogP contribution is -2.37. The van der Waals surface area contributed by atoms with Gasteiger partial charge >= 0.3 is 0 Å². The minimum absolute atomic E-state index is 0.0956. The highest BCUT2D eigenvalue weighted by molar-refractivity contribution is 8.00. The van der Waals surface area contributed by atoms with Gasteiger partial charge < -0.3 is 4.74 Å². The molecule has 0 unspecified atom stereocenters. The van der Waals surface area contributed by atoms with Crippen molar-refractivity contribution in [2.75, 3.05) is 49.3 Å². The fraction of sp³-hybridized carbons (Fsp3) is 0.350. The quantitative estimate of drug-likeness (QED) is 0.663. The summed E-state index contributed by atoms with van der Waals surface area (Å²) in [4.78, 5) is 19.5. The monoisotopic (exact) mass is 420 g/mol. The lowest BCUT2D eigenvalue weighted by atomic mass is 10.2.